The number of benzene rings is 1. The Morgan fingerprint density at radius 1 is 1.35 bits per heavy atom. The van der Waals surface area contributed by atoms with E-state index in [1.807, 2.05) is 6.07 Å². The standard InChI is InChI=1S/C11H9ClN2O2S/c12-10-4-3-9(17-10)6-1-2-8(7(13)5-6)14-11(15)16/h1-5,14H,13H2,(H,15,16). The highest BCUT2D eigenvalue weighted by Gasteiger charge is 2.06. The molecule has 0 unspecified atom stereocenters. The molecule has 2 aromatic rings. The molecule has 0 aliphatic rings. The number of amides is 1. The van der Waals surface area contributed by atoms with E-state index in [-0.39, 0.29) is 0 Å². The second-order valence-electron chi connectivity index (χ2n) is 3.34. The number of hydrogen-bond acceptors (Lipinski definition) is 3. The summed E-state index contributed by atoms with van der Waals surface area (Å²) in [6.07, 6.45) is -1.14. The van der Waals surface area contributed by atoms with Crippen molar-refractivity contribution in [3.8, 4) is 10.4 Å². The third-order valence-electron chi connectivity index (χ3n) is 2.15. The predicted molar refractivity (Wildman–Crippen MR) is 70.8 cm³/mol. The van der Waals surface area contributed by atoms with E-state index in [2.05, 4.69) is 5.32 Å². The van der Waals surface area contributed by atoms with E-state index < -0.39 is 6.09 Å². The lowest BCUT2D eigenvalue weighted by Crippen LogP contribution is -2.09. The van der Waals surface area contributed by atoms with Gasteiger partial charge in [-0.15, -0.1) is 11.3 Å². The third-order valence-corrected chi connectivity index (χ3v) is 3.43. The molecule has 0 atom stereocenters. The molecule has 1 heterocycles. The number of nitrogen functional groups attached to an aromatic ring is 1. The van der Waals surface area contributed by atoms with Crippen molar-refractivity contribution >= 4 is 40.4 Å². The van der Waals surface area contributed by atoms with Gasteiger partial charge in [0.15, 0.2) is 0 Å². The van der Waals surface area contributed by atoms with Crippen LogP contribution in [0.25, 0.3) is 10.4 Å². The summed E-state index contributed by atoms with van der Waals surface area (Å²) in [5.74, 6) is 0. The van der Waals surface area contributed by atoms with Crippen molar-refractivity contribution in [3.63, 3.8) is 0 Å². The molecule has 0 aliphatic heterocycles. The van der Waals surface area contributed by atoms with Crippen LogP contribution in [-0.2, 0) is 0 Å². The predicted octanol–water partition coefficient (Wildman–Crippen LogP) is 3.74. The van der Waals surface area contributed by atoms with Gasteiger partial charge in [-0.25, -0.2) is 4.79 Å². The molecule has 4 nitrogen and oxygen atoms in total. The Hall–Kier alpha value is -1.72. The van der Waals surface area contributed by atoms with Crippen LogP contribution in [0.4, 0.5) is 16.2 Å². The summed E-state index contributed by atoms with van der Waals surface area (Å²) in [6, 6.07) is 8.84. The largest absolute Gasteiger partial charge is 0.465 e. The highest BCUT2D eigenvalue weighted by molar-refractivity contribution is 7.19. The Morgan fingerprint density at radius 2 is 2.12 bits per heavy atom. The number of nitrogens with two attached hydrogens (primary N) is 1. The molecule has 1 amide bonds. The Balaban J connectivity index is 2.33. The zero-order valence-corrected chi connectivity index (χ0v) is 10.2. The van der Waals surface area contributed by atoms with Gasteiger partial charge in [0, 0.05) is 4.88 Å². The lowest BCUT2D eigenvalue weighted by atomic mass is 10.1. The molecule has 0 spiro atoms. The fraction of sp³-hybridized carbons (Fsp3) is 0. The van der Waals surface area contributed by atoms with E-state index >= 15 is 0 Å². The van der Waals surface area contributed by atoms with Crippen LogP contribution in [0.15, 0.2) is 30.3 Å². The molecule has 0 saturated carbocycles. The monoisotopic (exact) mass is 268 g/mol. The number of carbonyl (C=O) groups is 1. The van der Waals surface area contributed by atoms with Crippen LogP contribution >= 0.6 is 22.9 Å². The van der Waals surface area contributed by atoms with Crippen LogP contribution in [0.2, 0.25) is 4.34 Å². The molecule has 2 rings (SSSR count). The maximum atomic E-state index is 10.5. The van der Waals surface area contributed by atoms with Gasteiger partial charge in [0.05, 0.1) is 15.7 Å². The normalized spacial score (nSPS) is 10.2. The summed E-state index contributed by atoms with van der Waals surface area (Å²) in [7, 11) is 0. The van der Waals surface area contributed by atoms with Crippen LogP contribution in [0, 0.1) is 0 Å². The quantitative estimate of drug-likeness (QED) is 0.726. The second kappa shape index (κ2) is 4.65. The number of anilines is 2. The van der Waals surface area contributed by atoms with Crippen molar-refractivity contribution in [1.82, 2.24) is 0 Å². The SMILES string of the molecule is Nc1cc(-c2ccc(Cl)s2)ccc1NC(=O)O. The average Bonchev–Trinajstić information content (AvgIpc) is 2.67. The van der Waals surface area contributed by atoms with Gasteiger partial charge in [0.2, 0.25) is 0 Å². The van der Waals surface area contributed by atoms with E-state index in [1.54, 1.807) is 24.3 Å². The van der Waals surface area contributed by atoms with Crippen molar-refractivity contribution in [1.29, 1.82) is 0 Å². The molecule has 6 heteroatoms. The van der Waals surface area contributed by atoms with Crippen molar-refractivity contribution in [3.05, 3.63) is 34.7 Å². The molecule has 0 bridgehead atoms. The van der Waals surface area contributed by atoms with Crippen LogP contribution in [0.1, 0.15) is 0 Å². The van der Waals surface area contributed by atoms with Gasteiger partial charge < -0.3 is 10.8 Å². The maximum Gasteiger partial charge on any atom is 0.409 e. The first-order chi connectivity index (χ1) is 8.06. The molecular weight excluding hydrogens is 260 g/mol. The van der Waals surface area contributed by atoms with Gasteiger partial charge >= 0.3 is 6.09 Å². The number of hydrogen-bond donors (Lipinski definition) is 3. The lowest BCUT2D eigenvalue weighted by molar-refractivity contribution is 0.210. The third kappa shape index (κ3) is 2.69. The highest BCUT2D eigenvalue weighted by Crippen LogP contribution is 2.33. The molecule has 0 aliphatic carbocycles. The summed E-state index contributed by atoms with van der Waals surface area (Å²) in [5, 5.41) is 10.8. The van der Waals surface area contributed by atoms with E-state index in [0.29, 0.717) is 15.7 Å². The minimum Gasteiger partial charge on any atom is -0.465 e. The number of thiophene rings is 1. The Bertz CT molecular complexity index is 568. The fourth-order valence-electron chi connectivity index (χ4n) is 1.41. The number of halogens is 1. The summed E-state index contributed by atoms with van der Waals surface area (Å²) >= 11 is 7.29. The molecular formula is C11H9ClN2O2S. The smallest absolute Gasteiger partial charge is 0.409 e. The minimum absolute atomic E-state index is 0.379. The minimum atomic E-state index is -1.14. The van der Waals surface area contributed by atoms with Crippen LogP contribution in [-0.4, -0.2) is 11.2 Å². The first kappa shape index (κ1) is 11.8. The van der Waals surface area contributed by atoms with Crippen LogP contribution in [0.5, 0.6) is 0 Å². The first-order valence-electron chi connectivity index (χ1n) is 4.71. The van der Waals surface area contributed by atoms with E-state index in [9.17, 15) is 4.79 Å². The number of carboxylic acid groups (broad SMARTS) is 1. The maximum absolute atomic E-state index is 10.5. The van der Waals surface area contributed by atoms with Gasteiger partial charge in [-0.3, -0.25) is 5.32 Å². The Kier molecular flexibility index (Phi) is 3.21. The summed E-state index contributed by atoms with van der Waals surface area (Å²) in [5.41, 5.74) is 7.43. The molecule has 0 radical (unpaired) electrons. The average molecular weight is 269 g/mol. The topological polar surface area (TPSA) is 75.3 Å². The molecule has 0 fully saturated rings. The van der Waals surface area contributed by atoms with E-state index in [4.69, 9.17) is 22.4 Å². The zero-order chi connectivity index (χ0) is 12.4. The first-order valence-corrected chi connectivity index (χ1v) is 5.91. The van der Waals surface area contributed by atoms with Crippen molar-refractivity contribution in [2.75, 3.05) is 11.1 Å². The molecule has 1 aromatic heterocycles. The molecule has 4 N–H and O–H groups in total. The molecule has 17 heavy (non-hydrogen) atoms. The van der Waals surface area contributed by atoms with Crippen molar-refractivity contribution in [2.24, 2.45) is 0 Å². The zero-order valence-electron chi connectivity index (χ0n) is 8.61. The second-order valence-corrected chi connectivity index (χ2v) is 5.05. The summed E-state index contributed by atoms with van der Waals surface area (Å²) < 4.78 is 0.700. The van der Waals surface area contributed by atoms with Gasteiger partial charge in [0.25, 0.3) is 0 Å². The molecule has 88 valence electrons. The van der Waals surface area contributed by atoms with Crippen molar-refractivity contribution in [2.45, 2.75) is 0 Å². The summed E-state index contributed by atoms with van der Waals surface area (Å²) in [6.45, 7) is 0. The number of rotatable bonds is 2. The van der Waals surface area contributed by atoms with Gasteiger partial charge in [0.1, 0.15) is 0 Å². The fourth-order valence-corrected chi connectivity index (χ4v) is 2.45. The molecule has 0 saturated heterocycles. The van der Waals surface area contributed by atoms with Gasteiger partial charge in [-0.05, 0) is 29.8 Å². The van der Waals surface area contributed by atoms with Gasteiger partial charge in [-0.2, -0.15) is 0 Å². The van der Waals surface area contributed by atoms with E-state index in [0.717, 1.165) is 10.4 Å². The molecule has 1 aromatic carbocycles. The van der Waals surface area contributed by atoms with Crippen molar-refractivity contribution < 1.29 is 9.90 Å². The Morgan fingerprint density at radius 3 is 2.65 bits per heavy atom. The lowest BCUT2D eigenvalue weighted by Gasteiger charge is -2.06. The van der Waals surface area contributed by atoms with Crippen LogP contribution < -0.4 is 11.1 Å². The summed E-state index contributed by atoms with van der Waals surface area (Å²) in [4.78, 5) is 11.5. The highest BCUT2D eigenvalue weighted by atomic mass is 35.5. The van der Waals surface area contributed by atoms with Gasteiger partial charge in [-0.1, -0.05) is 17.7 Å². The Labute approximate surface area is 107 Å². The van der Waals surface area contributed by atoms with E-state index in [1.165, 1.54) is 11.3 Å². The van der Waals surface area contributed by atoms with Crippen LogP contribution in [0.3, 0.4) is 0 Å². The number of nitrogens with one attached hydrogen (secondary N) is 1.